The number of urea groups is 1. The summed E-state index contributed by atoms with van der Waals surface area (Å²) in [7, 11) is 0. The number of aliphatic hydroxyl groups excluding tert-OH is 1. The first kappa shape index (κ1) is 16.1. The quantitative estimate of drug-likeness (QED) is 0.804. The fourth-order valence-corrected chi connectivity index (χ4v) is 3.32. The van der Waals surface area contributed by atoms with E-state index in [1.807, 2.05) is 24.4 Å². The molecule has 1 aliphatic rings. The first-order valence-electron chi connectivity index (χ1n) is 8.01. The van der Waals surface area contributed by atoms with Gasteiger partial charge in [-0.2, -0.15) is 0 Å². The number of likely N-dealkylation sites (tertiary alicyclic amines) is 1. The number of nitrogens with one attached hydrogen (secondary N) is 2. The number of aromatic nitrogens is 1. The zero-order chi connectivity index (χ0) is 16.4. The van der Waals surface area contributed by atoms with Gasteiger partial charge in [0.05, 0.1) is 6.10 Å². The minimum absolute atomic E-state index is 0.0453. The van der Waals surface area contributed by atoms with Crippen LogP contribution in [0.2, 0.25) is 5.02 Å². The van der Waals surface area contributed by atoms with E-state index in [0.29, 0.717) is 24.7 Å². The van der Waals surface area contributed by atoms with Crippen molar-refractivity contribution in [3.05, 3.63) is 35.0 Å². The van der Waals surface area contributed by atoms with Crippen LogP contribution in [0.4, 0.5) is 4.79 Å². The third-order valence-corrected chi connectivity index (χ3v) is 4.83. The van der Waals surface area contributed by atoms with Gasteiger partial charge in [-0.3, -0.25) is 0 Å². The summed E-state index contributed by atoms with van der Waals surface area (Å²) in [5, 5.41) is 14.4. The summed E-state index contributed by atoms with van der Waals surface area (Å²) >= 11 is 5.98. The van der Waals surface area contributed by atoms with Crippen molar-refractivity contribution in [1.29, 1.82) is 0 Å². The number of nitrogens with zero attached hydrogens (tertiary/aromatic N) is 1. The molecule has 5 nitrogen and oxygen atoms in total. The Balaban J connectivity index is 1.52. The highest BCUT2D eigenvalue weighted by Crippen LogP contribution is 2.22. The van der Waals surface area contributed by atoms with Crippen molar-refractivity contribution in [1.82, 2.24) is 15.2 Å². The normalized spacial score (nSPS) is 19.3. The van der Waals surface area contributed by atoms with E-state index in [-0.39, 0.29) is 18.1 Å². The Morgan fingerprint density at radius 2 is 2.39 bits per heavy atom. The lowest BCUT2D eigenvalue weighted by molar-refractivity contribution is 0.129. The Hall–Kier alpha value is -1.72. The summed E-state index contributed by atoms with van der Waals surface area (Å²) in [5.74, 6) is 0.194. The van der Waals surface area contributed by atoms with E-state index in [1.165, 1.54) is 5.56 Å². The van der Waals surface area contributed by atoms with Crippen LogP contribution in [0.3, 0.4) is 0 Å². The maximum atomic E-state index is 12.2. The van der Waals surface area contributed by atoms with Gasteiger partial charge < -0.3 is 20.3 Å². The van der Waals surface area contributed by atoms with E-state index in [4.69, 9.17) is 11.6 Å². The van der Waals surface area contributed by atoms with Gasteiger partial charge >= 0.3 is 6.03 Å². The molecule has 124 valence electrons. The van der Waals surface area contributed by atoms with Crippen LogP contribution in [0, 0.1) is 5.92 Å². The number of aliphatic hydroxyl groups is 1. The molecular weight excluding hydrogens is 314 g/mol. The predicted octanol–water partition coefficient (Wildman–Crippen LogP) is 2.78. The molecule has 0 aliphatic carbocycles. The van der Waals surface area contributed by atoms with Crippen LogP contribution in [0.1, 0.15) is 18.9 Å². The molecule has 0 bridgehead atoms. The average molecular weight is 336 g/mol. The van der Waals surface area contributed by atoms with Gasteiger partial charge in [-0.25, -0.2) is 4.79 Å². The molecule has 0 saturated carbocycles. The minimum atomic E-state index is -0.356. The molecule has 1 aromatic carbocycles. The Morgan fingerprint density at radius 3 is 3.13 bits per heavy atom. The lowest BCUT2D eigenvalue weighted by Crippen LogP contribution is -2.39. The number of rotatable bonds is 4. The number of halogens is 1. The number of aromatic amines is 1. The van der Waals surface area contributed by atoms with Gasteiger partial charge in [-0.15, -0.1) is 0 Å². The topological polar surface area (TPSA) is 68.4 Å². The number of H-pyrrole nitrogens is 1. The third-order valence-electron chi connectivity index (χ3n) is 4.59. The van der Waals surface area contributed by atoms with Crippen LogP contribution in [-0.4, -0.2) is 46.8 Å². The van der Waals surface area contributed by atoms with Gasteiger partial charge in [0.1, 0.15) is 0 Å². The molecule has 2 atom stereocenters. The number of benzene rings is 1. The maximum absolute atomic E-state index is 12.2. The molecular formula is C17H22ClN3O2. The molecule has 2 amide bonds. The number of carbonyl (C=O) groups excluding carboxylic acids is 1. The number of hydrogen-bond donors (Lipinski definition) is 3. The van der Waals surface area contributed by atoms with Gasteiger partial charge in [0, 0.05) is 47.7 Å². The molecule has 3 N–H and O–H groups in total. The molecule has 2 heterocycles. The lowest BCUT2D eigenvalue weighted by atomic mass is 10.0. The summed E-state index contributed by atoms with van der Waals surface area (Å²) < 4.78 is 0. The van der Waals surface area contributed by atoms with Crippen LogP contribution < -0.4 is 5.32 Å². The smallest absolute Gasteiger partial charge is 0.317 e. The Bertz CT molecular complexity index is 698. The molecule has 0 radical (unpaired) electrons. The van der Waals surface area contributed by atoms with E-state index >= 15 is 0 Å². The number of carbonyl (C=O) groups is 1. The highest BCUT2D eigenvalue weighted by Gasteiger charge is 2.28. The molecule has 23 heavy (non-hydrogen) atoms. The molecule has 1 aromatic heterocycles. The largest absolute Gasteiger partial charge is 0.393 e. The SMILES string of the molecule is C[C@H](O)[C@H]1CCN(C(=O)NCCc2c[nH]c3cc(Cl)ccc23)C1. The number of hydrogen-bond acceptors (Lipinski definition) is 2. The van der Waals surface area contributed by atoms with Crippen LogP contribution in [-0.2, 0) is 6.42 Å². The van der Waals surface area contributed by atoms with E-state index in [0.717, 1.165) is 23.7 Å². The van der Waals surface area contributed by atoms with Crippen molar-refractivity contribution in [2.75, 3.05) is 19.6 Å². The molecule has 0 unspecified atom stereocenters. The average Bonchev–Trinajstić information content (AvgIpc) is 3.14. The highest BCUT2D eigenvalue weighted by atomic mass is 35.5. The summed E-state index contributed by atoms with van der Waals surface area (Å²) in [4.78, 5) is 17.1. The van der Waals surface area contributed by atoms with Crippen molar-refractivity contribution in [3.8, 4) is 0 Å². The molecule has 1 saturated heterocycles. The number of fused-ring (bicyclic) bond motifs is 1. The first-order valence-corrected chi connectivity index (χ1v) is 8.39. The van der Waals surface area contributed by atoms with E-state index in [2.05, 4.69) is 10.3 Å². The zero-order valence-corrected chi connectivity index (χ0v) is 13.9. The van der Waals surface area contributed by atoms with Gasteiger partial charge in [-0.05, 0) is 37.5 Å². The minimum Gasteiger partial charge on any atom is -0.393 e. The first-order chi connectivity index (χ1) is 11.0. The van der Waals surface area contributed by atoms with Crippen molar-refractivity contribution in [2.45, 2.75) is 25.9 Å². The van der Waals surface area contributed by atoms with Crippen LogP contribution in [0.25, 0.3) is 10.9 Å². The Kier molecular flexibility index (Phi) is 4.78. The molecule has 1 aliphatic heterocycles. The third kappa shape index (κ3) is 3.62. The second-order valence-electron chi connectivity index (χ2n) is 6.22. The van der Waals surface area contributed by atoms with Crippen LogP contribution in [0.5, 0.6) is 0 Å². The zero-order valence-electron chi connectivity index (χ0n) is 13.2. The summed E-state index contributed by atoms with van der Waals surface area (Å²) in [6, 6.07) is 5.73. The van der Waals surface area contributed by atoms with Crippen molar-refractivity contribution in [3.63, 3.8) is 0 Å². The highest BCUT2D eigenvalue weighted by molar-refractivity contribution is 6.31. The predicted molar refractivity (Wildman–Crippen MR) is 91.8 cm³/mol. The standard InChI is InChI=1S/C17H22ClN3O2/c1-11(22)13-5-7-21(10-13)17(23)19-6-4-12-9-20-16-8-14(18)2-3-15(12)16/h2-3,8-9,11,13,20,22H,4-7,10H2,1H3,(H,19,23)/t11-,13-/m0/s1. The van der Waals surface area contributed by atoms with Crippen molar-refractivity contribution in [2.24, 2.45) is 5.92 Å². The van der Waals surface area contributed by atoms with E-state index < -0.39 is 0 Å². The van der Waals surface area contributed by atoms with Crippen molar-refractivity contribution >= 4 is 28.5 Å². The summed E-state index contributed by atoms with van der Waals surface area (Å²) in [6.07, 6.45) is 3.24. The van der Waals surface area contributed by atoms with Gasteiger partial charge in [0.15, 0.2) is 0 Å². The molecule has 2 aromatic rings. The monoisotopic (exact) mass is 335 g/mol. The van der Waals surface area contributed by atoms with Crippen molar-refractivity contribution < 1.29 is 9.90 Å². The molecule has 3 rings (SSSR count). The fraction of sp³-hybridized carbons (Fsp3) is 0.471. The summed E-state index contributed by atoms with van der Waals surface area (Å²) in [6.45, 7) is 3.72. The Morgan fingerprint density at radius 1 is 1.57 bits per heavy atom. The van der Waals surface area contributed by atoms with Gasteiger partial charge in [-0.1, -0.05) is 17.7 Å². The molecule has 6 heteroatoms. The van der Waals surface area contributed by atoms with E-state index in [1.54, 1.807) is 11.8 Å². The summed E-state index contributed by atoms with van der Waals surface area (Å²) in [5.41, 5.74) is 2.18. The molecule has 1 fully saturated rings. The Labute approximate surface area is 140 Å². The lowest BCUT2D eigenvalue weighted by Gasteiger charge is -2.18. The van der Waals surface area contributed by atoms with Crippen LogP contribution >= 0.6 is 11.6 Å². The van der Waals surface area contributed by atoms with Gasteiger partial charge in [0.25, 0.3) is 0 Å². The van der Waals surface area contributed by atoms with E-state index in [9.17, 15) is 9.90 Å². The second-order valence-corrected chi connectivity index (χ2v) is 6.66. The fourth-order valence-electron chi connectivity index (χ4n) is 3.15. The van der Waals surface area contributed by atoms with Crippen LogP contribution in [0.15, 0.2) is 24.4 Å². The number of amides is 2. The second kappa shape index (κ2) is 6.81. The van der Waals surface area contributed by atoms with Gasteiger partial charge in [0.2, 0.25) is 0 Å². The molecule has 0 spiro atoms. The maximum Gasteiger partial charge on any atom is 0.317 e.